The molecule has 0 atom stereocenters. The summed E-state index contributed by atoms with van der Waals surface area (Å²) in [6.45, 7) is 15.2. The van der Waals surface area contributed by atoms with Gasteiger partial charge in [0.05, 0.1) is 12.2 Å². The molecule has 4 nitrogen and oxygen atoms in total. The van der Waals surface area contributed by atoms with E-state index in [1.807, 2.05) is 6.92 Å². The minimum atomic E-state index is 0.206. The average molecular weight is 357 g/mol. The van der Waals surface area contributed by atoms with Gasteiger partial charge in [0.15, 0.2) is 0 Å². The summed E-state index contributed by atoms with van der Waals surface area (Å²) in [6.07, 6.45) is 3.36. The van der Waals surface area contributed by atoms with Crippen LogP contribution in [0, 0.1) is 27.7 Å². The van der Waals surface area contributed by atoms with Crippen molar-refractivity contribution >= 4 is 0 Å². The van der Waals surface area contributed by atoms with Gasteiger partial charge in [0.2, 0.25) is 11.8 Å². The highest BCUT2D eigenvalue weighted by molar-refractivity contribution is 5.47. The van der Waals surface area contributed by atoms with Crippen molar-refractivity contribution in [3.05, 3.63) is 40.2 Å². The minimum Gasteiger partial charge on any atom is -0.477 e. The summed E-state index contributed by atoms with van der Waals surface area (Å²) in [7, 11) is 0. The van der Waals surface area contributed by atoms with E-state index in [4.69, 9.17) is 9.47 Å². The first-order valence-corrected chi connectivity index (χ1v) is 9.60. The number of hydrogen-bond acceptors (Lipinski definition) is 4. The largest absolute Gasteiger partial charge is 0.477 e. The molecule has 0 spiro atoms. The molecular formula is C22H32N2O2. The van der Waals surface area contributed by atoms with Gasteiger partial charge in [-0.05, 0) is 51.2 Å². The molecule has 142 valence electrons. The molecule has 0 aliphatic rings. The quantitative estimate of drug-likeness (QED) is 0.529. The Morgan fingerprint density at radius 1 is 0.923 bits per heavy atom. The van der Waals surface area contributed by atoms with Crippen molar-refractivity contribution in [2.75, 3.05) is 6.61 Å². The maximum Gasteiger partial charge on any atom is 0.229 e. The minimum absolute atomic E-state index is 0.206. The van der Waals surface area contributed by atoms with E-state index in [9.17, 15) is 0 Å². The molecule has 0 radical (unpaired) electrons. The van der Waals surface area contributed by atoms with Crippen LogP contribution in [-0.4, -0.2) is 16.6 Å². The predicted octanol–water partition coefficient (Wildman–Crippen LogP) is 6.19. The molecule has 0 aliphatic heterocycles. The summed E-state index contributed by atoms with van der Waals surface area (Å²) in [5.41, 5.74) is 4.39. The highest BCUT2D eigenvalue weighted by Crippen LogP contribution is 2.37. The molecule has 2 rings (SSSR count). The van der Waals surface area contributed by atoms with Gasteiger partial charge in [-0.1, -0.05) is 51.3 Å². The molecule has 0 saturated carbocycles. The summed E-state index contributed by atoms with van der Waals surface area (Å²) in [5.74, 6) is 3.00. The van der Waals surface area contributed by atoms with Crippen molar-refractivity contribution in [2.45, 2.75) is 73.6 Å². The smallest absolute Gasteiger partial charge is 0.229 e. The summed E-state index contributed by atoms with van der Waals surface area (Å²) < 4.78 is 12.3. The zero-order valence-corrected chi connectivity index (χ0v) is 17.3. The zero-order chi connectivity index (χ0) is 19.3. The van der Waals surface area contributed by atoms with Crippen LogP contribution >= 0.6 is 0 Å². The van der Waals surface area contributed by atoms with Crippen LogP contribution in [0.15, 0.2) is 12.1 Å². The van der Waals surface area contributed by atoms with E-state index >= 15 is 0 Å². The molecule has 0 bridgehead atoms. The van der Waals surface area contributed by atoms with Crippen LogP contribution in [-0.2, 0) is 0 Å². The Balaban J connectivity index is 2.40. The number of nitrogens with zero attached hydrogens (tertiary/aromatic N) is 2. The molecule has 0 unspecified atom stereocenters. The number of aromatic nitrogens is 2. The molecule has 0 aliphatic carbocycles. The Kier molecular flexibility index (Phi) is 7.01. The Morgan fingerprint density at radius 2 is 1.54 bits per heavy atom. The third-order valence-electron chi connectivity index (χ3n) is 4.35. The van der Waals surface area contributed by atoms with Crippen LogP contribution in [0.4, 0.5) is 0 Å². The average Bonchev–Trinajstić information content (AvgIpc) is 2.54. The van der Waals surface area contributed by atoms with Crippen molar-refractivity contribution < 1.29 is 9.47 Å². The molecule has 4 heteroatoms. The van der Waals surface area contributed by atoms with E-state index in [0.717, 1.165) is 35.3 Å². The van der Waals surface area contributed by atoms with Gasteiger partial charge in [0.25, 0.3) is 0 Å². The summed E-state index contributed by atoms with van der Waals surface area (Å²) >= 11 is 0. The first kappa shape index (κ1) is 20.2. The fraction of sp³-hybridized carbons (Fsp3) is 0.545. The standard InChI is InChI=1S/C22H32N2O2/c1-8-9-10-11-25-21-19(14(2)3)22(24-18(7)23-21)26-20-16(5)12-15(4)13-17(20)6/h12-14H,8-11H2,1-7H3. The Bertz CT molecular complexity index is 731. The topological polar surface area (TPSA) is 44.2 Å². The molecule has 0 amide bonds. The van der Waals surface area contributed by atoms with Crippen LogP contribution in [0.5, 0.6) is 17.5 Å². The van der Waals surface area contributed by atoms with Crippen molar-refractivity contribution in [3.63, 3.8) is 0 Å². The predicted molar refractivity (Wildman–Crippen MR) is 107 cm³/mol. The number of ether oxygens (including phenoxy) is 2. The van der Waals surface area contributed by atoms with Gasteiger partial charge in [-0.2, -0.15) is 9.97 Å². The lowest BCUT2D eigenvalue weighted by Gasteiger charge is -2.19. The van der Waals surface area contributed by atoms with Crippen molar-refractivity contribution in [3.8, 4) is 17.5 Å². The Hall–Kier alpha value is -2.10. The van der Waals surface area contributed by atoms with Crippen LogP contribution in [0.25, 0.3) is 0 Å². The molecule has 26 heavy (non-hydrogen) atoms. The lowest BCUT2D eigenvalue weighted by atomic mass is 10.0. The third-order valence-corrected chi connectivity index (χ3v) is 4.35. The van der Waals surface area contributed by atoms with E-state index in [0.29, 0.717) is 24.2 Å². The van der Waals surface area contributed by atoms with Crippen LogP contribution in [0.1, 0.15) is 74.0 Å². The fourth-order valence-corrected chi connectivity index (χ4v) is 3.16. The second-order valence-corrected chi connectivity index (χ2v) is 7.33. The first-order chi connectivity index (χ1) is 12.3. The van der Waals surface area contributed by atoms with E-state index < -0.39 is 0 Å². The molecule has 1 aromatic heterocycles. The van der Waals surface area contributed by atoms with Gasteiger partial charge >= 0.3 is 0 Å². The SMILES string of the molecule is CCCCCOc1nc(C)nc(Oc2c(C)cc(C)cc2C)c1C(C)C. The molecule has 0 fully saturated rings. The van der Waals surface area contributed by atoms with Crippen molar-refractivity contribution in [1.29, 1.82) is 0 Å². The maximum atomic E-state index is 6.31. The van der Waals surface area contributed by atoms with Crippen molar-refractivity contribution in [2.24, 2.45) is 0 Å². The van der Waals surface area contributed by atoms with Gasteiger partial charge in [-0.3, -0.25) is 0 Å². The lowest BCUT2D eigenvalue weighted by molar-refractivity contribution is 0.285. The number of rotatable bonds is 8. The van der Waals surface area contributed by atoms with Gasteiger partial charge in [-0.15, -0.1) is 0 Å². The maximum absolute atomic E-state index is 6.31. The molecule has 0 N–H and O–H groups in total. The normalized spacial score (nSPS) is 11.1. The first-order valence-electron chi connectivity index (χ1n) is 9.60. The zero-order valence-electron chi connectivity index (χ0n) is 17.3. The van der Waals surface area contributed by atoms with Crippen molar-refractivity contribution in [1.82, 2.24) is 9.97 Å². The second kappa shape index (κ2) is 9.02. The fourth-order valence-electron chi connectivity index (χ4n) is 3.16. The van der Waals surface area contributed by atoms with E-state index in [1.54, 1.807) is 0 Å². The van der Waals surface area contributed by atoms with Gasteiger partial charge in [-0.25, -0.2) is 0 Å². The summed E-state index contributed by atoms with van der Waals surface area (Å²) in [6, 6.07) is 4.27. The summed E-state index contributed by atoms with van der Waals surface area (Å²) in [4.78, 5) is 9.13. The highest BCUT2D eigenvalue weighted by atomic mass is 16.5. The lowest BCUT2D eigenvalue weighted by Crippen LogP contribution is -2.08. The van der Waals surface area contributed by atoms with E-state index in [2.05, 4.69) is 63.6 Å². The second-order valence-electron chi connectivity index (χ2n) is 7.33. The molecule has 1 aromatic carbocycles. The number of aryl methyl sites for hydroxylation is 4. The number of unbranched alkanes of at least 4 members (excludes halogenated alkanes) is 2. The van der Waals surface area contributed by atoms with Crippen LogP contribution < -0.4 is 9.47 Å². The van der Waals surface area contributed by atoms with Crippen LogP contribution in [0.2, 0.25) is 0 Å². The van der Waals surface area contributed by atoms with Crippen LogP contribution in [0.3, 0.4) is 0 Å². The summed E-state index contributed by atoms with van der Waals surface area (Å²) in [5, 5.41) is 0. The molecular weight excluding hydrogens is 324 g/mol. The molecule has 0 saturated heterocycles. The molecule has 2 aromatic rings. The Labute approximate surface area is 158 Å². The number of benzene rings is 1. The van der Waals surface area contributed by atoms with Gasteiger partial charge in [0, 0.05) is 0 Å². The number of hydrogen-bond donors (Lipinski definition) is 0. The molecule has 1 heterocycles. The van der Waals surface area contributed by atoms with E-state index in [1.165, 1.54) is 12.0 Å². The van der Waals surface area contributed by atoms with E-state index in [-0.39, 0.29) is 5.92 Å². The van der Waals surface area contributed by atoms with Gasteiger partial charge < -0.3 is 9.47 Å². The highest BCUT2D eigenvalue weighted by Gasteiger charge is 2.21. The van der Waals surface area contributed by atoms with Gasteiger partial charge in [0.1, 0.15) is 11.6 Å². The Morgan fingerprint density at radius 3 is 2.12 bits per heavy atom. The third kappa shape index (κ3) is 4.96. The monoisotopic (exact) mass is 356 g/mol.